The number of nitrogens with zero attached hydrogens (tertiary/aromatic N) is 1. The maximum absolute atomic E-state index is 12.2. The van der Waals surface area contributed by atoms with Gasteiger partial charge in [0.2, 0.25) is 0 Å². The van der Waals surface area contributed by atoms with Gasteiger partial charge in [0.25, 0.3) is 0 Å². The van der Waals surface area contributed by atoms with E-state index in [1.807, 2.05) is 20.8 Å². The Bertz CT molecular complexity index is 323. The van der Waals surface area contributed by atoms with E-state index >= 15 is 0 Å². The lowest BCUT2D eigenvalue weighted by Crippen LogP contribution is -2.38. The molecule has 0 saturated carbocycles. The monoisotopic (exact) mass is 315 g/mol. The van der Waals surface area contributed by atoms with Crippen LogP contribution in [0.4, 0.5) is 4.79 Å². The van der Waals surface area contributed by atoms with Crippen LogP contribution < -0.4 is 0 Å². The molecule has 0 N–H and O–H groups in total. The van der Waals surface area contributed by atoms with Crippen LogP contribution in [0.15, 0.2) is 0 Å². The molecule has 0 aliphatic rings. The lowest BCUT2D eigenvalue weighted by atomic mass is 10.1. The zero-order valence-electron chi connectivity index (χ0n) is 14.9. The second kappa shape index (κ2) is 11.3. The summed E-state index contributed by atoms with van der Waals surface area (Å²) in [5.74, 6) is -0.309. The zero-order valence-corrected chi connectivity index (χ0v) is 14.9. The van der Waals surface area contributed by atoms with Crippen molar-refractivity contribution in [1.82, 2.24) is 4.90 Å². The molecule has 0 bridgehead atoms. The van der Waals surface area contributed by atoms with Crippen molar-refractivity contribution in [2.75, 3.05) is 20.2 Å². The summed E-state index contributed by atoms with van der Waals surface area (Å²) in [5.41, 5.74) is -0.526. The predicted molar refractivity (Wildman–Crippen MR) is 87.8 cm³/mol. The number of methoxy groups -OCH3 is 1. The fourth-order valence-corrected chi connectivity index (χ4v) is 2.03. The summed E-state index contributed by atoms with van der Waals surface area (Å²) >= 11 is 0. The van der Waals surface area contributed by atoms with Crippen LogP contribution in [0.25, 0.3) is 0 Å². The summed E-state index contributed by atoms with van der Waals surface area (Å²) in [6, 6.07) is 0. The van der Waals surface area contributed by atoms with Gasteiger partial charge in [-0.25, -0.2) is 4.79 Å². The van der Waals surface area contributed by atoms with E-state index in [1.54, 1.807) is 4.90 Å². The number of amides is 1. The van der Waals surface area contributed by atoms with E-state index in [4.69, 9.17) is 4.74 Å². The number of rotatable bonds is 10. The van der Waals surface area contributed by atoms with Crippen LogP contribution in [0, 0.1) is 0 Å². The standard InChI is InChI=1S/C17H33NO4/c1-6-7-8-9-10-11-13-18(14-12-15(19)21-5)16(20)22-17(2,3)4/h6-14H2,1-5H3. The molecule has 0 fully saturated rings. The van der Waals surface area contributed by atoms with Crippen molar-refractivity contribution in [2.45, 2.75) is 78.2 Å². The molecule has 0 rings (SSSR count). The Kier molecular flexibility index (Phi) is 10.7. The zero-order chi connectivity index (χ0) is 17.0. The summed E-state index contributed by atoms with van der Waals surface area (Å²) in [7, 11) is 1.36. The van der Waals surface area contributed by atoms with Crippen molar-refractivity contribution in [2.24, 2.45) is 0 Å². The summed E-state index contributed by atoms with van der Waals surface area (Å²) < 4.78 is 10.0. The third kappa shape index (κ3) is 11.4. The smallest absolute Gasteiger partial charge is 0.410 e. The molecule has 0 aliphatic heterocycles. The molecule has 0 unspecified atom stereocenters. The average Bonchev–Trinajstić information content (AvgIpc) is 2.43. The van der Waals surface area contributed by atoms with Crippen molar-refractivity contribution in [3.8, 4) is 0 Å². The van der Waals surface area contributed by atoms with Gasteiger partial charge in [-0.2, -0.15) is 0 Å². The number of hydrogen-bond acceptors (Lipinski definition) is 4. The SMILES string of the molecule is CCCCCCCCN(CCC(=O)OC)C(=O)OC(C)(C)C. The molecule has 0 radical (unpaired) electrons. The summed E-state index contributed by atoms with van der Waals surface area (Å²) in [5, 5.41) is 0. The first-order valence-corrected chi connectivity index (χ1v) is 8.35. The molecular weight excluding hydrogens is 282 g/mol. The van der Waals surface area contributed by atoms with Gasteiger partial charge in [-0.15, -0.1) is 0 Å². The van der Waals surface area contributed by atoms with Gasteiger partial charge in [0, 0.05) is 13.1 Å². The van der Waals surface area contributed by atoms with Gasteiger partial charge in [0.1, 0.15) is 5.60 Å². The van der Waals surface area contributed by atoms with Gasteiger partial charge in [0.05, 0.1) is 13.5 Å². The number of carbonyl (C=O) groups excluding carboxylic acids is 2. The summed E-state index contributed by atoms with van der Waals surface area (Å²) in [6.07, 6.45) is 6.79. The van der Waals surface area contributed by atoms with Crippen LogP contribution in [-0.2, 0) is 14.3 Å². The van der Waals surface area contributed by atoms with Crippen molar-refractivity contribution >= 4 is 12.1 Å². The van der Waals surface area contributed by atoms with Gasteiger partial charge < -0.3 is 14.4 Å². The maximum Gasteiger partial charge on any atom is 0.410 e. The van der Waals surface area contributed by atoms with Crippen LogP contribution in [0.2, 0.25) is 0 Å². The molecule has 130 valence electrons. The lowest BCUT2D eigenvalue weighted by Gasteiger charge is -2.27. The van der Waals surface area contributed by atoms with Crippen LogP contribution in [0.5, 0.6) is 0 Å². The minimum atomic E-state index is -0.526. The van der Waals surface area contributed by atoms with Crippen LogP contribution >= 0.6 is 0 Å². The van der Waals surface area contributed by atoms with E-state index in [-0.39, 0.29) is 18.5 Å². The Labute approximate surface area is 135 Å². The summed E-state index contributed by atoms with van der Waals surface area (Å²) in [4.78, 5) is 25.1. The molecule has 1 amide bonds. The fraction of sp³-hybridized carbons (Fsp3) is 0.882. The first kappa shape index (κ1) is 20.7. The Hall–Kier alpha value is -1.26. The Morgan fingerprint density at radius 2 is 1.55 bits per heavy atom. The molecule has 0 aliphatic carbocycles. The van der Waals surface area contributed by atoms with Crippen molar-refractivity contribution in [1.29, 1.82) is 0 Å². The first-order chi connectivity index (χ1) is 10.3. The third-order valence-electron chi connectivity index (χ3n) is 3.25. The predicted octanol–water partition coefficient (Wildman–Crippen LogP) is 4.15. The Balaban J connectivity index is 4.27. The lowest BCUT2D eigenvalue weighted by molar-refractivity contribution is -0.140. The molecule has 5 heteroatoms. The van der Waals surface area contributed by atoms with E-state index in [1.165, 1.54) is 32.8 Å². The minimum Gasteiger partial charge on any atom is -0.469 e. The Morgan fingerprint density at radius 3 is 2.09 bits per heavy atom. The highest BCUT2D eigenvalue weighted by molar-refractivity contribution is 5.72. The summed E-state index contributed by atoms with van der Waals surface area (Å²) in [6.45, 7) is 8.68. The highest BCUT2D eigenvalue weighted by Gasteiger charge is 2.22. The first-order valence-electron chi connectivity index (χ1n) is 8.35. The fourth-order valence-electron chi connectivity index (χ4n) is 2.03. The molecule has 22 heavy (non-hydrogen) atoms. The molecule has 0 heterocycles. The second-order valence-corrected chi connectivity index (χ2v) is 6.56. The number of carbonyl (C=O) groups is 2. The number of ether oxygens (including phenoxy) is 2. The number of esters is 1. The molecular formula is C17H33NO4. The minimum absolute atomic E-state index is 0.200. The highest BCUT2D eigenvalue weighted by Crippen LogP contribution is 2.12. The Morgan fingerprint density at radius 1 is 0.955 bits per heavy atom. The van der Waals surface area contributed by atoms with Gasteiger partial charge in [0.15, 0.2) is 0 Å². The molecule has 0 atom stereocenters. The van der Waals surface area contributed by atoms with E-state index in [9.17, 15) is 9.59 Å². The average molecular weight is 315 g/mol. The largest absolute Gasteiger partial charge is 0.469 e. The van der Waals surface area contributed by atoms with Gasteiger partial charge in [-0.1, -0.05) is 39.0 Å². The van der Waals surface area contributed by atoms with E-state index in [0.717, 1.165) is 12.8 Å². The molecule has 5 nitrogen and oxygen atoms in total. The maximum atomic E-state index is 12.2. The van der Waals surface area contributed by atoms with Gasteiger partial charge in [-0.05, 0) is 27.2 Å². The van der Waals surface area contributed by atoms with Crippen LogP contribution in [0.3, 0.4) is 0 Å². The van der Waals surface area contributed by atoms with Gasteiger partial charge in [-0.3, -0.25) is 4.79 Å². The van der Waals surface area contributed by atoms with Gasteiger partial charge >= 0.3 is 12.1 Å². The number of hydrogen-bond donors (Lipinski definition) is 0. The quantitative estimate of drug-likeness (QED) is 0.449. The van der Waals surface area contributed by atoms with Crippen molar-refractivity contribution in [3.63, 3.8) is 0 Å². The topological polar surface area (TPSA) is 55.8 Å². The van der Waals surface area contributed by atoms with E-state index in [2.05, 4.69) is 11.7 Å². The number of unbranched alkanes of at least 4 members (excludes halogenated alkanes) is 5. The highest BCUT2D eigenvalue weighted by atomic mass is 16.6. The second-order valence-electron chi connectivity index (χ2n) is 6.56. The van der Waals surface area contributed by atoms with Crippen molar-refractivity contribution < 1.29 is 19.1 Å². The molecule has 0 saturated heterocycles. The van der Waals surface area contributed by atoms with Crippen LogP contribution in [0.1, 0.15) is 72.6 Å². The molecule has 0 aromatic heterocycles. The van der Waals surface area contributed by atoms with Crippen LogP contribution in [-0.4, -0.2) is 42.8 Å². The van der Waals surface area contributed by atoms with E-state index < -0.39 is 5.60 Å². The third-order valence-corrected chi connectivity index (χ3v) is 3.25. The van der Waals surface area contributed by atoms with Crippen molar-refractivity contribution in [3.05, 3.63) is 0 Å². The normalized spacial score (nSPS) is 11.1. The van der Waals surface area contributed by atoms with E-state index in [0.29, 0.717) is 13.1 Å². The molecule has 0 aromatic carbocycles. The molecule has 0 spiro atoms. The molecule has 0 aromatic rings.